The molecule has 3 aromatic rings. The normalized spacial score (nSPS) is 27.6. The van der Waals surface area contributed by atoms with Gasteiger partial charge in [-0.3, -0.25) is 14.3 Å². The summed E-state index contributed by atoms with van der Waals surface area (Å²) in [7, 11) is 0. The van der Waals surface area contributed by atoms with E-state index in [0.717, 1.165) is 16.1 Å². The predicted molar refractivity (Wildman–Crippen MR) is 144 cm³/mol. The van der Waals surface area contributed by atoms with Crippen molar-refractivity contribution in [2.24, 2.45) is 11.3 Å². The van der Waals surface area contributed by atoms with E-state index in [-0.39, 0.29) is 22.9 Å². The lowest BCUT2D eigenvalue weighted by molar-refractivity contribution is 0.0664. The fourth-order valence-electron chi connectivity index (χ4n) is 5.95. The third-order valence-corrected chi connectivity index (χ3v) is 9.46. The Kier molecular flexibility index (Phi) is 6.59. The highest BCUT2D eigenvalue weighted by molar-refractivity contribution is 7.14. The van der Waals surface area contributed by atoms with Gasteiger partial charge in [0.25, 0.3) is 11.5 Å². The Morgan fingerprint density at radius 3 is 2.90 bits per heavy atom. The number of carbonyl (C=O) groups is 1. The van der Waals surface area contributed by atoms with E-state index in [1.807, 2.05) is 31.5 Å². The zero-order valence-corrected chi connectivity index (χ0v) is 23.0. The summed E-state index contributed by atoms with van der Waals surface area (Å²) >= 11 is 1.37. The quantitative estimate of drug-likeness (QED) is 0.378. The summed E-state index contributed by atoms with van der Waals surface area (Å²) in [6.07, 6.45) is -0.0674. The fourth-order valence-corrected chi connectivity index (χ4v) is 7.29. The van der Waals surface area contributed by atoms with Crippen LogP contribution in [-0.4, -0.2) is 49.8 Å². The van der Waals surface area contributed by atoms with Crippen LogP contribution in [-0.2, 0) is 24.3 Å². The second kappa shape index (κ2) is 9.83. The number of alkyl halides is 1. The molecule has 4 unspecified atom stereocenters. The molecule has 12 heteroatoms. The fraction of sp³-hybridized carbons (Fsp3) is 0.556. The molecule has 0 saturated heterocycles. The molecular formula is C27H33FN6O4S. The van der Waals surface area contributed by atoms with Crippen LogP contribution in [0.4, 0.5) is 15.9 Å². The lowest BCUT2D eigenvalue weighted by Gasteiger charge is -2.37. The van der Waals surface area contributed by atoms with Crippen LogP contribution in [0.25, 0.3) is 0 Å². The number of fused-ring (bicyclic) bond motifs is 2. The van der Waals surface area contributed by atoms with Crippen molar-refractivity contribution < 1.29 is 19.0 Å². The third kappa shape index (κ3) is 4.78. The molecule has 1 fully saturated rings. The van der Waals surface area contributed by atoms with Gasteiger partial charge in [-0.05, 0) is 48.3 Å². The Bertz CT molecular complexity index is 1440. The molecular weight excluding hydrogens is 523 g/mol. The Morgan fingerprint density at radius 1 is 1.31 bits per heavy atom. The number of anilines is 2. The van der Waals surface area contributed by atoms with Crippen molar-refractivity contribution in [1.29, 1.82) is 0 Å². The van der Waals surface area contributed by atoms with Gasteiger partial charge in [-0.25, -0.2) is 9.49 Å². The molecule has 3 aromatic heterocycles. The van der Waals surface area contributed by atoms with Crippen LogP contribution in [0.3, 0.4) is 0 Å². The second-order valence-electron chi connectivity index (χ2n) is 11.6. The van der Waals surface area contributed by atoms with Crippen molar-refractivity contribution in [3.05, 3.63) is 55.3 Å². The van der Waals surface area contributed by atoms with Gasteiger partial charge < -0.3 is 20.5 Å². The van der Waals surface area contributed by atoms with Gasteiger partial charge in [-0.2, -0.15) is 10.2 Å². The number of aromatic amines is 1. The highest BCUT2D eigenvalue weighted by Gasteiger charge is 2.42. The number of hydrogen-bond donors (Lipinski definition) is 4. The van der Waals surface area contributed by atoms with Crippen molar-refractivity contribution in [3.8, 4) is 0 Å². The minimum absolute atomic E-state index is 0.0732. The van der Waals surface area contributed by atoms with E-state index in [1.54, 1.807) is 12.1 Å². The third-order valence-electron chi connectivity index (χ3n) is 8.31. The number of carbonyl (C=O) groups excluding carboxylic acids is 1. The maximum atomic E-state index is 16.0. The van der Waals surface area contributed by atoms with Crippen molar-refractivity contribution in [1.82, 2.24) is 25.3 Å². The number of H-pyrrole nitrogens is 1. The zero-order valence-electron chi connectivity index (χ0n) is 22.2. The molecule has 4 N–H and O–H groups in total. The summed E-state index contributed by atoms with van der Waals surface area (Å²) in [4.78, 5) is 27.2. The molecule has 4 heterocycles. The molecule has 208 valence electrons. The maximum Gasteiger partial charge on any atom is 0.287 e. The van der Waals surface area contributed by atoms with Crippen LogP contribution in [0, 0.1) is 11.3 Å². The average Bonchev–Trinajstić information content (AvgIpc) is 3.55. The molecule has 5 atom stereocenters. The second-order valence-corrected chi connectivity index (χ2v) is 12.8. The van der Waals surface area contributed by atoms with Gasteiger partial charge in [0.05, 0.1) is 48.2 Å². The van der Waals surface area contributed by atoms with Crippen LogP contribution in [0.1, 0.15) is 77.1 Å². The highest BCUT2D eigenvalue weighted by Crippen LogP contribution is 2.48. The lowest BCUT2D eigenvalue weighted by atomic mass is 9.76. The average molecular weight is 557 g/mol. The van der Waals surface area contributed by atoms with Gasteiger partial charge >= 0.3 is 0 Å². The number of aliphatic hydroxyl groups is 1. The number of hydrogen-bond acceptors (Lipinski definition) is 8. The van der Waals surface area contributed by atoms with Gasteiger partial charge in [0.2, 0.25) is 0 Å². The Morgan fingerprint density at radius 2 is 2.13 bits per heavy atom. The van der Waals surface area contributed by atoms with E-state index in [2.05, 4.69) is 25.9 Å². The summed E-state index contributed by atoms with van der Waals surface area (Å²) < 4.78 is 23.3. The lowest BCUT2D eigenvalue weighted by Crippen LogP contribution is -2.50. The monoisotopic (exact) mass is 556 g/mol. The van der Waals surface area contributed by atoms with Gasteiger partial charge in [-0.1, -0.05) is 20.8 Å². The number of aliphatic hydroxyl groups excluding tert-OH is 1. The summed E-state index contributed by atoms with van der Waals surface area (Å²) in [6, 6.07) is 4.44. The van der Waals surface area contributed by atoms with Crippen molar-refractivity contribution in [3.63, 3.8) is 0 Å². The molecule has 0 bridgehead atoms. The number of rotatable bonds is 5. The molecule has 1 saturated carbocycles. The molecule has 0 spiro atoms. The minimum atomic E-state index is -1.39. The van der Waals surface area contributed by atoms with E-state index >= 15 is 4.39 Å². The van der Waals surface area contributed by atoms with Gasteiger partial charge in [0, 0.05) is 16.9 Å². The molecule has 6 rings (SSSR count). The number of aromatic nitrogens is 4. The van der Waals surface area contributed by atoms with E-state index in [4.69, 9.17) is 4.74 Å². The summed E-state index contributed by atoms with van der Waals surface area (Å²) in [5.74, 6) is -0.489. The van der Waals surface area contributed by atoms with E-state index in [9.17, 15) is 14.7 Å². The standard InChI is InChI=1S/C27H33FN6O4S/c1-13-4-5-15(17-10-18(25(36)32-31-17)29-21-8-14-12-38-7-6-34(14)33-21)22(28)23(13)30-26(37)19-9-16-20(39-19)11-27(2,3)24(16)35/h8-10,13,15,22-24,35H,4-7,11-12H2,1-3H3,(H,30,37)(H,32,36)(H,29,31,33)/t13?,15?,22?,23?,24-/m0/s1. The van der Waals surface area contributed by atoms with Gasteiger partial charge in [0.15, 0.2) is 5.82 Å². The van der Waals surface area contributed by atoms with Gasteiger partial charge in [0.1, 0.15) is 11.9 Å². The molecule has 0 aromatic carbocycles. The molecule has 1 amide bonds. The molecule has 0 radical (unpaired) electrons. The van der Waals surface area contributed by atoms with E-state index in [0.29, 0.717) is 55.4 Å². The minimum Gasteiger partial charge on any atom is -0.388 e. The number of nitrogens with one attached hydrogen (secondary N) is 3. The zero-order chi connectivity index (χ0) is 27.5. The van der Waals surface area contributed by atoms with E-state index < -0.39 is 29.8 Å². The van der Waals surface area contributed by atoms with Crippen LogP contribution in [0.15, 0.2) is 23.0 Å². The molecule has 2 aliphatic carbocycles. The van der Waals surface area contributed by atoms with Crippen LogP contribution < -0.4 is 16.2 Å². The molecule has 1 aliphatic heterocycles. The Balaban J connectivity index is 1.18. The predicted octanol–water partition coefficient (Wildman–Crippen LogP) is 3.57. The number of halogens is 1. The molecule has 10 nitrogen and oxygen atoms in total. The molecule has 39 heavy (non-hydrogen) atoms. The summed E-state index contributed by atoms with van der Waals surface area (Å²) in [5.41, 5.74) is 1.67. The largest absolute Gasteiger partial charge is 0.388 e. The number of thiophene rings is 1. The van der Waals surface area contributed by atoms with Gasteiger partial charge in [-0.15, -0.1) is 11.3 Å². The van der Waals surface area contributed by atoms with Crippen LogP contribution >= 0.6 is 11.3 Å². The maximum absolute atomic E-state index is 16.0. The van der Waals surface area contributed by atoms with Crippen molar-refractivity contribution in [2.45, 2.75) is 77.4 Å². The van der Waals surface area contributed by atoms with Crippen LogP contribution in [0.5, 0.6) is 0 Å². The number of nitrogens with zero attached hydrogens (tertiary/aromatic N) is 3. The number of amides is 1. The van der Waals surface area contributed by atoms with E-state index in [1.165, 1.54) is 11.3 Å². The first-order chi connectivity index (χ1) is 18.6. The first kappa shape index (κ1) is 26.1. The Hall–Kier alpha value is -3.09. The summed E-state index contributed by atoms with van der Waals surface area (Å²) in [6.45, 7) is 7.62. The SMILES string of the molecule is CC1CCC(c2cc(Nc3cc4n(n3)CCOC4)c(=O)[nH]n2)C(F)C1NC(=O)c1cc2c(s1)CC(C)(C)[C@H]2O. The summed E-state index contributed by atoms with van der Waals surface area (Å²) in [5, 5.41) is 27.7. The first-order valence-corrected chi connectivity index (χ1v) is 14.2. The Labute approximate surface area is 229 Å². The highest BCUT2D eigenvalue weighted by atomic mass is 32.1. The van der Waals surface area contributed by atoms with Crippen molar-refractivity contribution in [2.75, 3.05) is 11.9 Å². The molecule has 3 aliphatic rings. The number of ether oxygens (including phenoxy) is 1. The van der Waals surface area contributed by atoms with Crippen molar-refractivity contribution >= 4 is 28.7 Å². The first-order valence-electron chi connectivity index (χ1n) is 13.4. The smallest absolute Gasteiger partial charge is 0.287 e. The topological polar surface area (TPSA) is 134 Å². The van der Waals surface area contributed by atoms with Crippen LogP contribution in [0.2, 0.25) is 0 Å².